The molecule has 1 N–H and O–H groups in total. The van der Waals surface area contributed by atoms with Crippen molar-refractivity contribution in [3.63, 3.8) is 0 Å². The van der Waals surface area contributed by atoms with Crippen molar-refractivity contribution in [2.24, 2.45) is 0 Å². The highest BCUT2D eigenvalue weighted by Crippen LogP contribution is 2.28. The monoisotopic (exact) mass is 340 g/mol. The van der Waals surface area contributed by atoms with Gasteiger partial charge in [-0.25, -0.2) is 0 Å². The normalized spacial score (nSPS) is 14.1. The van der Waals surface area contributed by atoms with Gasteiger partial charge in [-0.15, -0.1) is 11.8 Å². The predicted molar refractivity (Wildman–Crippen MR) is 86.4 cm³/mol. The summed E-state index contributed by atoms with van der Waals surface area (Å²) >= 11 is 5.38. The Labute approximate surface area is 129 Å². The highest BCUT2D eigenvalue weighted by Gasteiger charge is 2.23. The highest BCUT2D eigenvalue weighted by atomic mass is 79.9. The van der Waals surface area contributed by atoms with Crippen LogP contribution in [0.1, 0.15) is 33.6 Å². The molecule has 0 fully saturated rings. The van der Waals surface area contributed by atoms with E-state index in [-0.39, 0.29) is 0 Å². The molecule has 0 aliphatic carbocycles. The minimum atomic E-state index is -0.414. The molecule has 1 aromatic carbocycles. The van der Waals surface area contributed by atoms with Gasteiger partial charge in [0.1, 0.15) is 5.54 Å². The van der Waals surface area contributed by atoms with Crippen molar-refractivity contribution in [2.45, 2.75) is 50.1 Å². The number of thioether (sulfide) groups is 1. The van der Waals surface area contributed by atoms with E-state index in [0.29, 0.717) is 6.04 Å². The number of benzene rings is 1. The van der Waals surface area contributed by atoms with Crippen LogP contribution in [0.2, 0.25) is 0 Å². The Morgan fingerprint density at radius 1 is 1.42 bits per heavy atom. The Kier molecular flexibility index (Phi) is 6.92. The first-order chi connectivity index (χ1) is 8.97. The van der Waals surface area contributed by atoms with Gasteiger partial charge in [0.05, 0.1) is 6.07 Å². The molecule has 1 atom stereocenters. The van der Waals surface area contributed by atoms with Gasteiger partial charge in [-0.05, 0) is 67.4 Å². The minimum absolute atomic E-state index is 0.334. The van der Waals surface area contributed by atoms with Crippen molar-refractivity contribution >= 4 is 27.7 Å². The zero-order valence-corrected chi connectivity index (χ0v) is 14.1. The zero-order chi connectivity index (χ0) is 14.3. The van der Waals surface area contributed by atoms with Crippen molar-refractivity contribution in [1.82, 2.24) is 5.32 Å². The van der Waals surface area contributed by atoms with E-state index in [0.717, 1.165) is 23.1 Å². The van der Waals surface area contributed by atoms with Gasteiger partial charge in [0.2, 0.25) is 0 Å². The number of nitrogens with one attached hydrogen (secondary N) is 1. The van der Waals surface area contributed by atoms with E-state index in [1.807, 2.05) is 30.8 Å². The number of halogens is 1. The van der Waals surface area contributed by atoms with Gasteiger partial charge >= 0.3 is 0 Å². The van der Waals surface area contributed by atoms with Crippen molar-refractivity contribution in [1.29, 1.82) is 5.26 Å². The highest BCUT2D eigenvalue weighted by molar-refractivity contribution is 9.10. The quantitative estimate of drug-likeness (QED) is 0.581. The number of hydrogen-bond donors (Lipinski definition) is 1. The van der Waals surface area contributed by atoms with E-state index in [9.17, 15) is 5.26 Å². The topological polar surface area (TPSA) is 35.8 Å². The molecule has 0 radical (unpaired) electrons. The lowest BCUT2D eigenvalue weighted by Crippen LogP contribution is -2.44. The van der Waals surface area contributed by atoms with Crippen LogP contribution in [0.3, 0.4) is 0 Å². The first-order valence-electron chi connectivity index (χ1n) is 6.53. The molecular formula is C15H21BrN2S. The van der Waals surface area contributed by atoms with Gasteiger partial charge in [-0.1, -0.05) is 12.1 Å². The lowest BCUT2D eigenvalue weighted by atomic mass is 9.97. The van der Waals surface area contributed by atoms with Crippen LogP contribution < -0.4 is 5.32 Å². The van der Waals surface area contributed by atoms with Crippen LogP contribution in [0, 0.1) is 11.3 Å². The first-order valence-corrected chi connectivity index (χ1v) is 8.31. The molecule has 0 bridgehead atoms. The van der Waals surface area contributed by atoms with Gasteiger partial charge in [0.15, 0.2) is 0 Å². The van der Waals surface area contributed by atoms with E-state index in [1.54, 1.807) is 0 Å². The maximum atomic E-state index is 9.27. The lowest BCUT2D eigenvalue weighted by Gasteiger charge is -2.25. The fourth-order valence-electron chi connectivity index (χ4n) is 1.97. The molecule has 1 aromatic rings. The molecule has 1 rings (SSSR count). The third kappa shape index (κ3) is 5.99. The molecule has 0 aliphatic rings. The average molecular weight is 341 g/mol. The van der Waals surface area contributed by atoms with E-state index < -0.39 is 5.54 Å². The second-order valence-electron chi connectivity index (χ2n) is 5.13. The Bertz CT molecular complexity index is 442. The molecule has 2 nitrogen and oxygen atoms in total. The molecule has 0 saturated heterocycles. The summed E-state index contributed by atoms with van der Waals surface area (Å²) < 4.78 is 1.14. The molecular weight excluding hydrogens is 320 g/mol. The third-order valence-corrected chi connectivity index (χ3v) is 4.88. The van der Waals surface area contributed by atoms with E-state index >= 15 is 0 Å². The van der Waals surface area contributed by atoms with Crippen molar-refractivity contribution in [2.75, 3.05) is 5.75 Å². The molecule has 104 valence electrons. The molecule has 0 amide bonds. The van der Waals surface area contributed by atoms with Gasteiger partial charge in [-0.2, -0.15) is 5.26 Å². The second-order valence-corrected chi connectivity index (χ2v) is 7.12. The summed E-state index contributed by atoms with van der Waals surface area (Å²) in [5.74, 6) is 1.03. The van der Waals surface area contributed by atoms with Gasteiger partial charge in [0, 0.05) is 15.4 Å². The Balaban J connectivity index is 2.38. The van der Waals surface area contributed by atoms with Crippen LogP contribution >= 0.6 is 27.7 Å². The minimum Gasteiger partial charge on any atom is -0.297 e. The number of hydrogen-bond acceptors (Lipinski definition) is 3. The van der Waals surface area contributed by atoms with Crippen LogP contribution in [0.4, 0.5) is 0 Å². The van der Waals surface area contributed by atoms with Crippen LogP contribution in [-0.2, 0) is 0 Å². The molecule has 0 saturated carbocycles. The molecule has 0 aliphatic heterocycles. The number of nitriles is 1. The fraction of sp³-hybridized carbons (Fsp3) is 0.533. The molecule has 1 unspecified atom stereocenters. The zero-order valence-electron chi connectivity index (χ0n) is 11.7. The van der Waals surface area contributed by atoms with Crippen LogP contribution in [-0.4, -0.2) is 17.3 Å². The van der Waals surface area contributed by atoms with Crippen LogP contribution in [0.15, 0.2) is 33.6 Å². The maximum absolute atomic E-state index is 9.27. The smallest absolute Gasteiger partial charge is 0.104 e. The van der Waals surface area contributed by atoms with Crippen LogP contribution in [0.25, 0.3) is 0 Å². The summed E-state index contributed by atoms with van der Waals surface area (Å²) in [6, 6.07) is 11.0. The maximum Gasteiger partial charge on any atom is 0.104 e. The predicted octanol–water partition coefficient (Wildman–Crippen LogP) is 4.60. The summed E-state index contributed by atoms with van der Waals surface area (Å²) in [5.41, 5.74) is -0.414. The molecule has 0 aromatic heterocycles. The standard InChI is InChI=1S/C15H21BrN2S/c1-12(2)18-15(3,11-17)9-6-10-19-14-8-5-4-7-13(14)16/h4-5,7-8,12,18H,6,9-10H2,1-3H3. The average Bonchev–Trinajstić information content (AvgIpc) is 2.36. The summed E-state index contributed by atoms with van der Waals surface area (Å²) in [4.78, 5) is 1.26. The summed E-state index contributed by atoms with van der Waals surface area (Å²) in [7, 11) is 0. The number of nitrogens with zero attached hydrogens (tertiary/aromatic N) is 1. The lowest BCUT2D eigenvalue weighted by molar-refractivity contribution is 0.380. The summed E-state index contributed by atoms with van der Waals surface area (Å²) in [5, 5.41) is 12.6. The third-order valence-electron chi connectivity index (χ3n) is 2.77. The van der Waals surface area contributed by atoms with Crippen LogP contribution in [0.5, 0.6) is 0 Å². The summed E-state index contributed by atoms with van der Waals surface area (Å²) in [6.07, 6.45) is 1.90. The van der Waals surface area contributed by atoms with Crippen molar-refractivity contribution in [3.05, 3.63) is 28.7 Å². The SMILES string of the molecule is CC(C)NC(C)(C#N)CCCSc1ccccc1Br. The van der Waals surface area contributed by atoms with Gasteiger partial charge in [-0.3, -0.25) is 5.32 Å². The van der Waals surface area contributed by atoms with Gasteiger partial charge < -0.3 is 0 Å². The van der Waals surface area contributed by atoms with E-state index in [1.165, 1.54) is 4.90 Å². The molecule has 0 heterocycles. The molecule has 19 heavy (non-hydrogen) atoms. The second kappa shape index (κ2) is 7.94. The first kappa shape index (κ1) is 16.6. The van der Waals surface area contributed by atoms with Crippen molar-refractivity contribution in [3.8, 4) is 6.07 Å². The molecule has 0 spiro atoms. The summed E-state index contributed by atoms with van der Waals surface area (Å²) in [6.45, 7) is 6.13. The Morgan fingerprint density at radius 2 is 2.11 bits per heavy atom. The van der Waals surface area contributed by atoms with E-state index in [2.05, 4.69) is 53.3 Å². The Morgan fingerprint density at radius 3 is 2.68 bits per heavy atom. The largest absolute Gasteiger partial charge is 0.297 e. The number of rotatable bonds is 7. The Hall–Kier alpha value is -0.500. The fourth-order valence-corrected chi connectivity index (χ4v) is 3.48. The van der Waals surface area contributed by atoms with Crippen molar-refractivity contribution < 1.29 is 0 Å². The van der Waals surface area contributed by atoms with E-state index in [4.69, 9.17) is 0 Å². The van der Waals surface area contributed by atoms with Gasteiger partial charge in [0.25, 0.3) is 0 Å². The molecule has 4 heteroatoms.